The van der Waals surface area contributed by atoms with Gasteiger partial charge in [0.05, 0.1) is 12.7 Å². The van der Waals surface area contributed by atoms with E-state index in [1.165, 1.54) is 19.2 Å². The first kappa shape index (κ1) is 14.6. The van der Waals surface area contributed by atoms with Gasteiger partial charge in [0.2, 0.25) is 0 Å². The molecule has 0 aliphatic rings. The van der Waals surface area contributed by atoms with Crippen molar-refractivity contribution in [3.63, 3.8) is 0 Å². The first-order valence-corrected chi connectivity index (χ1v) is 6.31. The van der Waals surface area contributed by atoms with Crippen LogP contribution in [0.15, 0.2) is 42.5 Å². The molecule has 1 amide bonds. The van der Waals surface area contributed by atoms with Crippen molar-refractivity contribution in [3.8, 4) is 5.75 Å². The third kappa shape index (κ3) is 3.20. The Labute approximate surface area is 122 Å². The monoisotopic (exact) mass is 285 g/mol. The van der Waals surface area contributed by atoms with E-state index in [-0.39, 0.29) is 11.7 Å². The van der Waals surface area contributed by atoms with Crippen molar-refractivity contribution < 1.29 is 19.4 Å². The van der Waals surface area contributed by atoms with Gasteiger partial charge in [-0.2, -0.15) is 0 Å². The molecule has 2 aromatic carbocycles. The van der Waals surface area contributed by atoms with Crippen LogP contribution < -0.4 is 5.32 Å². The minimum absolute atomic E-state index is 0.0611. The zero-order valence-corrected chi connectivity index (χ0v) is 11.7. The summed E-state index contributed by atoms with van der Waals surface area (Å²) in [5.41, 5.74) is 1.70. The molecule has 5 nitrogen and oxygen atoms in total. The molecule has 2 rings (SSSR count). The Morgan fingerprint density at radius 1 is 1.14 bits per heavy atom. The molecule has 21 heavy (non-hydrogen) atoms. The molecule has 0 atom stereocenters. The minimum Gasteiger partial charge on any atom is -0.508 e. The van der Waals surface area contributed by atoms with Crippen molar-refractivity contribution in [2.24, 2.45) is 0 Å². The van der Waals surface area contributed by atoms with Gasteiger partial charge in [0.25, 0.3) is 5.91 Å². The van der Waals surface area contributed by atoms with Crippen molar-refractivity contribution in [3.05, 3.63) is 59.2 Å². The van der Waals surface area contributed by atoms with E-state index in [0.717, 1.165) is 0 Å². The number of phenolic OH excluding ortho intramolecular Hbond substituents is 1. The van der Waals surface area contributed by atoms with Gasteiger partial charge < -0.3 is 15.2 Å². The number of carbonyl (C=O) groups excluding carboxylic acids is 2. The lowest BCUT2D eigenvalue weighted by atomic mass is 10.1. The quantitative estimate of drug-likeness (QED) is 0.850. The zero-order chi connectivity index (χ0) is 15.4. The van der Waals surface area contributed by atoms with E-state index >= 15 is 0 Å². The van der Waals surface area contributed by atoms with Crippen molar-refractivity contribution >= 4 is 17.6 Å². The SMILES string of the molecule is COC(=O)c1cccc(NC(=O)c2cccc(O)c2C)c1. The smallest absolute Gasteiger partial charge is 0.337 e. The number of carbonyl (C=O) groups is 2. The number of rotatable bonds is 3. The normalized spacial score (nSPS) is 10.0. The van der Waals surface area contributed by atoms with Gasteiger partial charge in [0, 0.05) is 16.8 Å². The van der Waals surface area contributed by atoms with Gasteiger partial charge >= 0.3 is 5.97 Å². The highest BCUT2D eigenvalue weighted by molar-refractivity contribution is 6.06. The molecule has 0 saturated carbocycles. The second-order valence-electron chi connectivity index (χ2n) is 4.48. The van der Waals surface area contributed by atoms with Gasteiger partial charge in [-0.3, -0.25) is 4.79 Å². The summed E-state index contributed by atoms with van der Waals surface area (Å²) in [6.45, 7) is 1.66. The maximum absolute atomic E-state index is 12.2. The Balaban J connectivity index is 2.24. The van der Waals surface area contributed by atoms with Crippen LogP contribution in [0.25, 0.3) is 0 Å². The fraction of sp³-hybridized carbons (Fsp3) is 0.125. The first-order valence-electron chi connectivity index (χ1n) is 6.31. The Morgan fingerprint density at radius 2 is 1.86 bits per heavy atom. The number of hydrogen-bond donors (Lipinski definition) is 2. The molecule has 0 fully saturated rings. The molecule has 0 spiro atoms. The summed E-state index contributed by atoms with van der Waals surface area (Å²) in [6, 6.07) is 11.2. The minimum atomic E-state index is -0.473. The van der Waals surface area contributed by atoms with Crippen LogP contribution in [0.3, 0.4) is 0 Å². The zero-order valence-electron chi connectivity index (χ0n) is 11.7. The molecule has 0 aliphatic carbocycles. The van der Waals surface area contributed by atoms with Crippen LogP contribution in [0, 0.1) is 6.92 Å². The van der Waals surface area contributed by atoms with E-state index < -0.39 is 5.97 Å². The molecule has 0 heterocycles. The number of esters is 1. The van der Waals surface area contributed by atoms with E-state index in [9.17, 15) is 14.7 Å². The van der Waals surface area contributed by atoms with Gasteiger partial charge in [-0.1, -0.05) is 12.1 Å². The van der Waals surface area contributed by atoms with E-state index in [1.807, 2.05) is 0 Å². The van der Waals surface area contributed by atoms with Gasteiger partial charge in [0.15, 0.2) is 0 Å². The number of phenols is 1. The van der Waals surface area contributed by atoms with Crippen LogP contribution in [-0.2, 0) is 4.74 Å². The van der Waals surface area contributed by atoms with E-state index in [2.05, 4.69) is 10.1 Å². The average molecular weight is 285 g/mol. The van der Waals surface area contributed by atoms with Gasteiger partial charge in [-0.15, -0.1) is 0 Å². The lowest BCUT2D eigenvalue weighted by molar-refractivity contribution is 0.0600. The Hall–Kier alpha value is -2.82. The van der Waals surface area contributed by atoms with Crippen molar-refractivity contribution in [2.45, 2.75) is 6.92 Å². The molecule has 0 aromatic heterocycles. The second-order valence-corrected chi connectivity index (χ2v) is 4.48. The highest BCUT2D eigenvalue weighted by atomic mass is 16.5. The third-order valence-electron chi connectivity index (χ3n) is 3.09. The number of hydrogen-bond acceptors (Lipinski definition) is 4. The lowest BCUT2D eigenvalue weighted by Gasteiger charge is -2.09. The predicted octanol–water partition coefficient (Wildman–Crippen LogP) is 2.74. The number of benzene rings is 2. The average Bonchev–Trinajstić information content (AvgIpc) is 2.49. The highest BCUT2D eigenvalue weighted by Gasteiger charge is 2.12. The molecule has 2 N–H and O–H groups in total. The Morgan fingerprint density at radius 3 is 2.57 bits per heavy atom. The summed E-state index contributed by atoms with van der Waals surface area (Å²) in [7, 11) is 1.30. The first-order chi connectivity index (χ1) is 10.0. The fourth-order valence-corrected chi connectivity index (χ4v) is 1.91. The molecule has 108 valence electrons. The molecule has 0 saturated heterocycles. The van der Waals surface area contributed by atoms with E-state index in [1.54, 1.807) is 37.3 Å². The fourth-order valence-electron chi connectivity index (χ4n) is 1.91. The topological polar surface area (TPSA) is 75.6 Å². The number of methoxy groups -OCH3 is 1. The Bertz CT molecular complexity index is 694. The summed E-state index contributed by atoms with van der Waals surface area (Å²) in [6.07, 6.45) is 0. The summed E-state index contributed by atoms with van der Waals surface area (Å²) >= 11 is 0. The van der Waals surface area contributed by atoms with Crippen LogP contribution >= 0.6 is 0 Å². The third-order valence-corrected chi connectivity index (χ3v) is 3.09. The van der Waals surface area contributed by atoms with Crippen LogP contribution in [0.2, 0.25) is 0 Å². The summed E-state index contributed by atoms with van der Waals surface area (Å²) in [4.78, 5) is 23.7. The number of anilines is 1. The molecule has 5 heteroatoms. The van der Waals surface area contributed by atoms with Gasteiger partial charge in [0.1, 0.15) is 5.75 Å². The largest absolute Gasteiger partial charge is 0.508 e. The number of aromatic hydroxyl groups is 1. The summed E-state index contributed by atoms with van der Waals surface area (Å²) in [5, 5.41) is 12.3. The lowest BCUT2D eigenvalue weighted by Crippen LogP contribution is -2.14. The molecule has 0 radical (unpaired) electrons. The second kappa shape index (κ2) is 6.09. The Kier molecular flexibility index (Phi) is 4.23. The van der Waals surface area contributed by atoms with Crippen LogP contribution in [-0.4, -0.2) is 24.1 Å². The van der Waals surface area contributed by atoms with E-state index in [4.69, 9.17) is 0 Å². The van der Waals surface area contributed by atoms with Crippen LogP contribution in [0.4, 0.5) is 5.69 Å². The molecule has 0 aliphatic heterocycles. The number of nitrogens with one attached hydrogen (secondary N) is 1. The van der Waals surface area contributed by atoms with Crippen LogP contribution in [0.1, 0.15) is 26.3 Å². The molecular formula is C16H15NO4. The molecular weight excluding hydrogens is 270 g/mol. The van der Waals surface area contributed by atoms with Gasteiger partial charge in [-0.25, -0.2) is 4.79 Å². The van der Waals surface area contributed by atoms with Crippen LogP contribution in [0.5, 0.6) is 5.75 Å². The van der Waals surface area contributed by atoms with Crippen molar-refractivity contribution in [1.29, 1.82) is 0 Å². The molecule has 2 aromatic rings. The summed E-state index contributed by atoms with van der Waals surface area (Å²) < 4.78 is 4.63. The number of ether oxygens (including phenoxy) is 1. The molecule has 0 unspecified atom stereocenters. The van der Waals surface area contributed by atoms with Gasteiger partial charge in [-0.05, 0) is 37.3 Å². The standard InChI is InChI=1S/C16H15NO4/c1-10-13(7-4-8-14(10)18)15(19)17-12-6-3-5-11(9-12)16(20)21-2/h3-9,18H,1-2H3,(H,17,19). The van der Waals surface area contributed by atoms with Crippen molar-refractivity contribution in [2.75, 3.05) is 12.4 Å². The highest BCUT2D eigenvalue weighted by Crippen LogP contribution is 2.21. The van der Waals surface area contributed by atoms with Crippen molar-refractivity contribution in [1.82, 2.24) is 0 Å². The maximum Gasteiger partial charge on any atom is 0.337 e. The summed E-state index contributed by atoms with van der Waals surface area (Å²) in [5.74, 6) is -0.768. The van der Waals surface area contributed by atoms with E-state index in [0.29, 0.717) is 22.4 Å². The molecule has 0 bridgehead atoms. The maximum atomic E-state index is 12.2. The number of amides is 1. The predicted molar refractivity (Wildman–Crippen MR) is 78.6 cm³/mol.